The predicted molar refractivity (Wildman–Crippen MR) is 97.4 cm³/mol. The molecule has 2 aromatic rings. The molecule has 0 fully saturated rings. The van der Waals surface area contributed by atoms with Gasteiger partial charge >= 0.3 is 0 Å². The Morgan fingerprint density at radius 1 is 0.960 bits per heavy atom. The van der Waals surface area contributed by atoms with Crippen LogP contribution in [-0.4, -0.2) is 39.5 Å². The minimum Gasteiger partial charge on any atom is -0.350 e. The van der Waals surface area contributed by atoms with Crippen molar-refractivity contribution in [2.24, 2.45) is 0 Å². The first-order chi connectivity index (χ1) is 11.8. The molecule has 2 aromatic carbocycles. The lowest BCUT2D eigenvalue weighted by Crippen LogP contribution is -2.38. The fraction of sp³-hybridized carbons (Fsp3) is 0.222. The van der Waals surface area contributed by atoms with Crippen LogP contribution in [0.1, 0.15) is 27.6 Å². The number of rotatable bonds is 7. The minimum absolute atomic E-state index is 0.0902. The number of Topliss-reactive ketones (excluding diaryl/α,β-unsaturated/α-hetero) is 1. The first-order valence-corrected chi connectivity index (χ1v) is 9.56. The molecule has 6 nitrogen and oxygen atoms in total. The molecule has 25 heavy (non-hydrogen) atoms. The van der Waals surface area contributed by atoms with Gasteiger partial charge in [-0.05, 0) is 43.3 Å². The van der Waals surface area contributed by atoms with Crippen molar-refractivity contribution in [1.82, 2.24) is 5.32 Å². The summed E-state index contributed by atoms with van der Waals surface area (Å²) in [4.78, 5) is 23.3. The number of benzene rings is 2. The summed E-state index contributed by atoms with van der Waals surface area (Å²) in [6.45, 7) is 1.70. The van der Waals surface area contributed by atoms with Crippen LogP contribution >= 0.6 is 0 Å². The van der Waals surface area contributed by atoms with E-state index in [1.165, 1.54) is 11.2 Å². The Morgan fingerprint density at radius 2 is 1.56 bits per heavy atom. The van der Waals surface area contributed by atoms with E-state index in [1.807, 2.05) is 6.07 Å². The number of hydrogen-bond donors (Lipinski definition) is 1. The van der Waals surface area contributed by atoms with E-state index in [0.29, 0.717) is 16.8 Å². The van der Waals surface area contributed by atoms with Gasteiger partial charge in [-0.1, -0.05) is 18.2 Å². The van der Waals surface area contributed by atoms with Gasteiger partial charge in [-0.15, -0.1) is 0 Å². The topological polar surface area (TPSA) is 83.6 Å². The molecule has 0 aliphatic heterocycles. The highest BCUT2D eigenvalue weighted by atomic mass is 32.2. The van der Waals surface area contributed by atoms with Crippen LogP contribution in [0.5, 0.6) is 0 Å². The standard InChI is InChI=1S/C18H20N2O4S/c1-14(21)15-8-10-17(11-9-15)20(25(2,23)24)13-12-19-18(22)16-6-4-3-5-7-16/h3-11H,12-13H2,1-2H3,(H,19,22). The summed E-state index contributed by atoms with van der Waals surface area (Å²) in [7, 11) is -3.52. The smallest absolute Gasteiger partial charge is 0.251 e. The van der Waals surface area contributed by atoms with Crippen LogP contribution in [0.15, 0.2) is 54.6 Å². The highest BCUT2D eigenvalue weighted by molar-refractivity contribution is 7.92. The maximum atomic E-state index is 12.0. The molecule has 1 N–H and O–H groups in total. The van der Waals surface area contributed by atoms with Gasteiger partial charge in [-0.2, -0.15) is 0 Å². The Labute approximate surface area is 147 Å². The number of sulfonamides is 1. The lowest BCUT2D eigenvalue weighted by atomic mass is 10.1. The number of nitrogens with one attached hydrogen (secondary N) is 1. The predicted octanol–water partition coefficient (Wildman–Crippen LogP) is 2.09. The molecule has 0 radical (unpaired) electrons. The average molecular weight is 360 g/mol. The Bertz CT molecular complexity index is 846. The monoisotopic (exact) mass is 360 g/mol. The first kappa shape index (κ1) is 18.7. The molecule has 0 unspecified atom stereocenters. The summed E-state index contributed by atoms with van der Waals surface area (Å²) in [5.74, 6) is -0.353. The normalized spacial score (nSPS) is 11.0. The first-order valence-electron chi connectivity index (χ1n) is 7.71. The molecule has 0 heterocycles. The van der Waals surface area contributed by atoms with Crippen LogP contribution in [0.4, 0.5) is 5.69 Å². The van der Waals surface area contributed by atoms with Crippen molar-refractivity contribution in [2.45, 2.75) is 6.92 Å². The summed E-state index contributed by atoms with van der Waals surface area (Å²) in [6.07, 6.45) is 1.10. The van der Waals surface area contributed by atoms with Gasteiger partial charge in [0, 0.05) is 17.7 Å². The minimum atomic E-state index is -3.52. The van der Waals surface area contributed by atoms with Crippen LogP contribution in [-0.2, 0) is 10.0 Å². The lowest BCUT2D eigenvalue weighted by Gasteiger charge is -2.22. The summed E-state index contributed by atoms with van der Waals surface area (Å²) in [5.41, 5.74) is 1.47. The molecule has 0 spiro atoms. The molecular formula is C18H20N2O4S. The van der Waals surface area contributed by atoms with Crippen molar-refractivity contribution in [3.63, 3.8) is 0 Å². The van der Waals surface area contributed by atoms with E-state index in [9.17, 15) is 18.0 Å². The third-order valence-electron chi connectivity index (χ3n) is 3.60. The van der Waals surface area contributed by atoms with Crippen LogP contribution < -0.4 is 9.62 Å². The number of hydrogen-bond acceptors (Lipinski definition) is 4. The second-order valence-corrected chi connectivity index (χ2v) is 7.47. The van der Waals surface area contributed by atoms with Gasteiger partial charge < -0.3 is 5.32 Å². The van der Waals surface area contributed by atoms with E-state index in [0.717, 1.165) is 6.26 Å². The summed E-state index contributed by atoms with van der Waals surface area (Å²) < 4.78 is 25.3. The second-order valence-electron chi connectivity index (χ2n) is 5.56. The summed E-state index contributed by atoms with van der Waals surface area (Å²) in [6, 6.07) is 15.0. The molecular weight excluding hydrogens is 340 g/mol. The zero-order valence-electron chi connectivity index (χ0n) is 14.1. The molecule has 7 heteroatoms. The average Bonchev–Trinajstić information content (AvgIpc) is 2.58. The number of anilines is 1. The molecule has 0 saturated carbocycles. The fourth-order valence-electron chi connectivity index (χ4n) is 2.31. The Kier molecular flexibility index (Phi) is 5.93. The van der Waals surface area contributed by atoms with E-state index < -0.39 is 10.0 Å². The summed E-state index contributed by atoms with van der Waals surface area (Å²) >= 11 is 0. The number of ketones is 1. The van der Waals surface area contributed by atoms with E-state index in [1.54, 1.807) is 48.5 Å². The van der Waals surface area contributed by atoms with Crippen LogP contribution in [0.2, 0.25) is 0 Å². The van der Waals surface area contributed by atoms with Crippen molar-refractivity contribution in [2.75, 3.05) is 23.7 Å². The number of nitrogens with zero attached hydrogens (tertiary/aromatic N) is 1. The lowest BCUT2D eigenvalue weighted by molar-refractivity contribution is 0.0953. The molecule has 0 aromatic heterocycles. The second kappa shape index (κ2) is 7.94. The van der Waals surface area contributed by atoms with Gasteiger partial charge in [0.05, 0.1) is 18.5 Å². The van der Waals surface area contributed by atoms with Crippen molar-refractivity contribution in [3.05, 3.63) is 65.7 Å². The quantitative estimate of drug-likeness (QED) is 0.766. The van der Waals surface area contributed by atoms with E-state index in [4.69, 9.17) is 0 Å². The highest BCUT2D eigenvalue weighted by Crippen LogP contribution is 2.18. The van der Waals surface area contributed by atoms with Gasteiger partial charge in [-0.3, -0.25) is 13.9 Å². The van der Waals surface area contributed by atoms with Gasteiger partial charge in [0.15, 0.2) is 5.78 Å². The van der Waals surface area contributed by atoms with Crippen molar-refractivity contribution >= 4 is 27.4 Å². The van der Waals surface area contributed by atoms with Crippen molar-refractivity contribution < 1.29 is 18.0 Å². The molecule has 1 amide bonds. The largest absolute Gasteiger partial charge is 0.350 e. The molecule has 2 rings (SSSR count). The number of carbonyl (C=O) groups excluding carboxylic acids is 2. The van der Waals surface area contributed by atoms with Crippen LogP contribution in [0.25, 0.3) is 0 Å². The Balaban J connectivity index is 2.06. The molecule has 0 aliphatic carbocycles. The van der Waals surface area contributed by atoms with Gasteiger partial charge in [0.2, 0.25) is 10.0 Å². The summed E-state index contributed by atoms with van der Waals surface area (Å²) in [5, 5.41) is 2.70. The third-order valence-corrected chi connectivity index (χ3v) is 4.79. The maximum absolute atomic E-state index is 12.0. The SMILES string of the molecule is CC(=O)c1ccc(N(CCNC(=O)c2ccccc2)S(C)(=O)=O)cc1. The van der Waals surface area contributed by atoms with Crippen LogP contribution in [0.3, 0.4) is 0 Å². The Hall–Kier alpha value is -2.67. The molecule has 0 aliphatic rings. The zero-order valence-corrected chi connectivity index (χ0v) is 14.9. The van der Waals surface area contributed by atoms with Crippen molar-refractivity contribution in [1.29, 1.82) is 0 Å². The highest BCUT2D eigenvalue weighted by Gasteiger charge is 2.17. The third kappa shape index (κ3) is 5.15. The van der Waals surface area contributed by atoms with E-state index in [-0.39, 0.29) is 24.8 Å². The molecule has 0 atom stereocenters. The molecule has 132 valence electrons. The van der Waals surface area contributed by atoms with Crippen LogP contribution in [0, 0.1) is 0 Å². The van der Waals surface area contributed by atoms with Gasteiger partial charge in [0.1, 0.15) is 0 Å². The van der Waals surface area contributed by atoms with E-state index in [2.05, 4.69) is 5.32 Å². The van der Waals surface area contributed by atoms with E-state index >= 15 is 0 Å². The fourth-order valence-corrected chi connectivity index (χ4v) is 3.24. The Morgan fingerprint density at radius 3 is 2.08 bits per heavy atom. The van der Waals surface area contributed by atoms with Gasteiger partial charge in [-0.25, -0.2) is 8.42 Å². The van der Waals surface area contributed by atoms with Crippen molar-refractivity contribution in [3.8, 4) is 0 Å². The zero-order chi connectivity index (χ0) is 18.4. The van der Waals surface area contributed by atoms with Gasteiger partial charge in [0.25, 0.3) is 5.91 Å². The number of carbonyl (C=O) groups is 2. The number of amides is 1. The molecule has 0 saturated heterocycles. The maximum Gasteiger partial charge on any atom is 0.251 e. The molecule has 0 bridgehead atoms.